The van der Waals surface area contributed by atoms with Crippen molar-refractivity contribution < 1.29 is 0 Å². The van der Waals surface area contributed by atoms with Gasteiger partial charge in [-0.3, -0.25) is 4.57 Å². The molecule has 2 heterocycles. The number of fused-ring (bicyclic) bond motifs is 11. The molecule has 1 aliphatic heterocycles. The van der Waals surface area contributed by atoms with Gasteiger partial charge < -0.3 is 0 Å². The summed E-state index contributed by atoms with van der Waals surface area (Å²) in [5, 5.41) is 12.6. The van der Waals surface area contributed by atoms with Crippen LogP contribution in [0.25, 0.3) is 87.1 Å². The number of aliphatic imine (C=N–C) groups is 2. The molecule has 0 fully saturated rings. The predicted molar refractivity (Wildman–Crippen MR) is 261 cm³/mol. The van der Waals surface area contributed by atoms with Crippen LogP contribution in [0.5, 0.6) is 0 Å². The van der Waals surface area contributed by atoms with Gasteiger partial charge in [-0.1, -0.05) is 176 Å². The van der Waals surface area contributed by atoms with E-state index >= 15 is 0 Å². The molecule has 11 aromatic rings. The summed E-state index contributed by atoms with van der Waals surface area (Å²) in [7, 11) is 0. The molecule has 3 nitrogen and oxygen atoms in total. The second kappa shape index (κ2) is 13.8. The molecule has 0 saturated carbocycles. The molecular weight excluding hydrogens is 830 g/mol. The Hall–Kier alpha value is -7.02. The highest BCUT2D eigenvalue weighted by atomic mass is 127. The molecule has 4 heteroatoms. The van der Waals surface area contributed by atoms with E-state index in [0.717, 1.165) is 30.0 Å². The van der Waals surface area contributed by atoms with E-state index in [1.54, 1.807) is 0 Å². The zero-order valence-corrected chi connectivity index (χ0v) is 34.0. The predicted octanol–water partition coefficient (Wildman–Crippen LogP) is 14.6. The minimum Gasteiger partial charge on any atom is -0.289 e. The SMILES string of the molecule is c1ccc(-c2cccc(C3=NC(c4cccc(-c5ccccc5)c4)=IC(n4c5cc6ccccc6cc5c5c6c7ccccc7c7ccccc7c6ccc54)=N3)c2)cc1. The third-order valence-corrected chi connectivity index (χ3v) is 14.3. The number of rotatable bonds is 4. The number of amidine groups is 1. The highest BCUT2D eigenvalue weighted by Gasteiger charge is 2.23. The lowest BCUT2D eigenvalue weighted by Crippen LogP contribution is -2.16. The molecule has 0 radical (unpaired) electrons. The molecular formula is C55H34IN3. The van der Waals surface area contributed by atoms with Crippen molar-refractivity contribution in [3.05, 3.63) is 217 Å². The number of hydrogen-bond donors (Lipinski definition) is 0. The molecule has 0 amide bonds. The summed E-state index contributed by atoms with van der Waals surface area (Å²) in [5.74, 6) is 0.733. The van der Waals surface area contributed by atoms with Gasteiger partial charge in [-0.15, -0.1) is 0 Å². The van der Waals surface area contributed by atoms with E-state index in [2.05, 4.69) is 211 Å². The van der Waals surface area contributed by atoms with E-state index in [9.17, 15) is 0 Å². The van der Waals surface area contributed by atoms with Crippen LogP contribution in [0.15, 0.2) is 216 Å². The van der Waals surface area contributed by atoms with Crippen LogP contribution in [0, 0.1) is 0 Å². The average Bonchev–Trinajstić information content (AvgIpc) is 3.64. The lowest BCUT2D eigenvalue weighted by Gasteiger charge is -2.16. The van der Waals surface area contributed by atoms with Crippen LogP contribution in [0.3, 0.4) is 0 Å². The molecule has 0 unspecified atom stereocenters. The Morgan fingerprint density at radius 2 is 0.831 bits per heavy atom. The third-order valence-electron chi connectivity index (χ3n) is 11.7. The van der Waals surface area contributed by atoms with Crippen LogP contribution in [-0.2, 0) is 0 Å². The van der Waals surface area contributed by atoms with Crippen molar-refractivity contribution in [3.63, 3.8) is 0 Å². The van der Waals surface area contributed by atoms with Gasteiger partial charge in [-0.2, -0.15) is 0 Å². The third kappa shape index (κ3) is 5.66. The first-order valence-corrected chi connectivity index (χ1v) is 22.1. The Bertz CT molecular complexity index is 3480. The van der Waals surface area contributed by atoms with Crippen LogP contribution < -0.4 is 0 Å². The van der Waals surface area contributed by atoms with Crippen LogP contribution >= 0.6 is 20.7 Å². The van der Waals surface area contributed by atoms with Gasteiger partial charge in [-0.25, -0.2) is 9.98 Å². The highest BCUT2D eigenvalue weighted by molar-refractivity contribution is 14.2. The van der Waals surface area contributed by atoms with Gasteiger partial charge in [0.25, 0.3) is 0 Å². The molecule has 0 saturated heterocycles. The Labute approximate surface area is 351 Å². The molecule has 10 aromatic carbocycles. The van der Waals surface area contributed by atoms with Crippen LogP contribution in [0.4, 0.5) is 0 Å². The monoisotopic (exact) mass is 863 g/mol. The summed E-state index contributed by atoms with van der Waals surface area (Å²) < 4.78 is 4.63. The van der Waals surface area contributed by atoms with Gasteiger partial charge in [0.15, 0.2) is 9.68 Å². The summed E-state index contributed by atoms with van der Waals surface area (Å²) in [6.45, 7) is 0. The van der Waals surface area contributed by atoms with Crippen LogP contribution in [0.1, 0.15) is 11.1 Å². The molecule has 12 rings (SSSR count). The van der Waals surface area contributed by atoms with E-state index in [1.807, 2.05) is 0 Å². The average molecular weight is 864 g/mol. The molecule has 59 heavy (non-hydrogen) atoms. The molecule has 0 spiro atoms. The molecule has 0 bridgehead atoms. The quantitative estimate of drug-likeness (QED) is 0.125. The van der Waals surface area contributed by atoms with Crippen molar-refractivity contribution in [3.8, 4) is 22.3 Å². The van der Waals surface area contributed by atoms with Gasteiger partial charge in [-0.05, 0) is 111 Å². The molecule has 0 N–H and O–H groups in total. The first-order chi connectivity index (χ1) is 29.2. The number of benzene rings is 10. The Kier molecular flexibility index (Phi) is 7.98. The Morgan fingerprint density at radius 1 is 0.322 bits per heavy atom. The standard InChI is InChI=1S/C55H34IN3/c1-3-15-35(16-4-1)37-21-13-23-41(31-37)53-56-55(58-54(57-53)42-24-14-22-38(32-42)36-17-5-2-6-18-36)59-49-30-29-47-45-27-10-9-25-43(45)44-26-11-12-28-46(44)51(47)52(49)48-33-39-19-7-8-20-40(39)34-50(48)59/h1-34H. The fraction of sp³-hybridized carbons (Fsp3) is 0. The van der Waals surface area contributed by atoms with Gasteiger partial charge in [0, 0.05) is 27.3 Å². The van der Waals surface area contributed by atoms with Crippen molar-refractivity contribution in [1.82, 2.24) is 4.57 Å². The Morgan fingerprint density at radius 3 is 1.51 bits per heavy atom. The summed E-state index contributed by atoms with van der Waals surface area (Å²) >= 11 is -0.863. The molecule has 276 valence electrons. The fourth-order valence-electron chi connectivity index (χ4n) is 8.98. The fourth-order valence-corrected chi connectivity index (χ4v) is 11.5. The smallest absolute Gasteiger partial charge is 0.174 e. The first-order valence-electron chi connectivity index (χ1n) is 20.0. The summed E-state index contributed by atoms with van der Waals surface area (Å²) in [5.41, 5.74) is 9.15. The summed E-state index contributed by atoms with van der Waals surface area (Å²) in [6.07, 6.45) is 0. The zero-order valence-electron chi connectivity index (χ0n) is 31.8. The van der Waals surface area contributed by atoms with E-state index in [0.29, 0.717) is 0 Å². The molecule has 1 aliphatic rings. The minimum atomic E-state index is -0.863. The second-order valence-electron chi connectivity index (χ2n) is 15.1. The van der Waals surface area contributed by atoms with Crippen molar-refractivity contribution >= 4 is 98.9 Å². The number of halogens is 1. The van der Waals surface area contributed by atoms with Crippen LogP contribution in [0.2, 0.25) is 0 Å². The maximum atomic E-state index is 5.62. The van der Waals surface area contributed by atoms with Gasteiger partial charge in [0.05, 0.1) is 11.0 Å². The maximum Gasteiger partial charge on any atom is 0.174 e. The number of aromatic nitrogens is 1. The summed E-state index contributed by atoms with van der Waals surface area (Å²) in [4.78, 5) is 11.1. The summed E-state index contributed by atoms with van der Waals surface area (Å²) in [6, 6.07) is 74.7. The van der Waals surface area contributed by atoms with Crippen molar-refractivity contribution in [2.45, 2.75) is 0 Å². The molecule has 0 atom stereocenters. The van der Waals surface area contributed by atoms with Gasteiger partial charge in [0.1, 0.15) is 3.63 Å². The second-order valence-corrected chi connectivity index (χ2v) is 17.6. The van der Waals surface area contributed by atoms with Crippen molar-refractivity contribution in [2.75, 3.05) is 0 Å². The van der Waals surface area contributed by atoms with Crippen molar-refractivity contribution in [1.29, 1.82) is 0 Å². The van der Waals surface area contributed by atoms with E-state index in [4.69, 9.17) is 9.98 Å². The molecule has 0 aliphatic carbocycles. The molecule has 1 aromatic heterocycles. The van der Waals surface area contributed by atoms with Crippen molar-refractivity contribution in [2.24, 2.45) is 9.98 Å². The van der Waals surface area contributed by atoms with Crippen LogP contribution in [-0.4, -0.2) is 17.9 Å². The zero-order chi connectivity index (χ0) is 38.9. The van der Waals surface area contributed by atoms with Gasteiger partial charge >= 0.3 is 0 Å². The first kappa shape index (κ1) is 34.1. The van der Waals surface area contributed by atoms with E-state index in [1.165, 1.54) is 81.6 Å². The van der Waals surface area contributed by atoms with E-state index < -0.39 is 20.7 Å². The number of nitrogens with zero attached hydrogens (tertiary/aromatic N) is 3. The maximum absolute atomic E-state index is 5.62. The minimum absolute atomic E-state index is 0.733. The lowest BCUT2D eigenvalue weighted by molar-refractivity contribution is 1.31. The highest BCUT2D eigenvalue weighted by Crippen LogP contribution is 2.44. The normalized spacial score (nSPS) is 13.2. The Balaban J connectivity index is 1.17. The van der Waals surface area contributed by atoms with E-state index in [-0.39, 0.29) is 0 Å². The van der Waals surface area contributed by atoms with Gasteiger partial charge in [0.2, 0.25) is 0 Å². The topological polar surface area (TPSA) is 29.6 Å². The largest absolute Gasteiger partial charge is 0.289 e. The number of hydrogen-bond acceptors (Lipinski definition) is 2. The lowest BCUT2D eigenvalue weighted by atomic mass is 9.91.